The number of nitrogens with zero attached hydrogens (tertiary/aromatic N) is 2. The van der Waals surface area contributed by atoms with Crippen LogP contribution in [0.2, 0.25) is 0 Å². The quantitative estimate of drug-likeness (QED) is 0.786. The van der Waals surface area contributed by atoms with E-state index in [1.54, 1.807) is 20.8 Å². The van der Waals surface area contributed by atoms with Gasteiger partial charge in [0.15, 0.2) is 0 Å². The minimum atomic E-state index is -4.43. The fraction of sp³-hybridized carbons (Fsp3) is 0.556. The number of amides is 2. The molecule has 1 atom stereocenters. The predicted octanol–water partition coefficient (Wildman–Crippen LogP) is 4.07. The average Bonchev–Trinajstić information content (AvgIpc) is 3.01. The third kappa shape index (κ3) is 4.68. The second-order valence-electron chi connectivity index (χ2n) is 7.27. The van der Waals surface area contributed by atoms with Crippen LogP contribution in [0, 0.1) is 0 Å². The highest BCUT2D eigenvalue weighted by Crippen LogP contribution is 2.31. The molecule has 144 valence electrons. The molecule has 26 heavy (non-hydrogen) atoms. The molecule has 0 aliphatic carbocycles. The number of carbonyl (C=O) groups is 2. The second-order valence-corrected chi connectivity index (χ2v) is 7.27. The van der Waals surface area contributed by atoms with Crippen molar-refractivity contribution < 1.29 is 27.5 Å². The first kappa shape index (κ1) is 20.1. The third-order valence-electron chi connectivity index (χ3n) is 4.08. The predicted molar refractivity (Wildman–Crippen MR) is 90.8 cm³/mol. The summed E-state index contributed by atoms with van der Waals surface area (Å²) in [5.41, 5.74) is -1.12. The third-order valence-corrected chi connectivity index (χ3v) is 4.08. The molecule has 1 aromatic carbocycles. The highest BCUT2D eigenvalue weighted by Gasteiger charge is 2.38. The Hall–Kier alpha value is -2.25. The molecule has 1 aliphatic heterocycles. The Balaban J connectivity index is 2.12. The molecule has 0 spiro atoms. The smallest absolute Gasteiger partial charge is 0.416 e. The summed E-state index contributed by atoms with van der Waals surface area (Å²) in [7, 11) is 1.48. The number of benzene rings is 1. The van der Waals surface area contributed by atoms with Gasteiger partial charge in [0.1, 0.15) is 11.6 Å². The summed E-state index contributed by atoms with van der Waals surface area (Å²) in [5, 5.41) is 0. The van der Waals surface area contributed by atoms with E-state index in [0.29, 0.717) is 25.1 Å². The van der Waals surface area contributed by atoms with Crippen molar-refractivity contribution in [3.05, 3.63) is 29.8 Å². The van der Waals surface area contributed by atoms with Crippen LogP contribution in [0.1, 0.15) is 39.2 Å². The summed E-state index contributed by atoms with van der Waals surface area (Å²) in [6.07, 6.45) is -3.84. The van der Waals surface area contributed by atoms with Gasteiger partial charge in [-0.25, -0.2) is 4.79 Å². The lowest BCUT2D eigenvalue weighted by Crippen LogP contribution is -2.48. The van der Waals surface area contributed by atoms with Crippen LogP contribution in [0.3, 0.4) is 0 Å². The Morgan fingerprint density at radius 3 is 2.23 bits per heavy atom. The zero-order valence-electron chi connectivity index (χ0n) is 15.3. The van der Waals surface area contributed by atoms with E-state index >= 15 is 0 Å². The largest absolute Gasteiger partial charge is 0.444 e. The molecule has 0 unspecified atom stereocenters. The standard InChI is InChI=1S/C18H23F3N2O3/c1-17(2,3)26-16(25)23-11-5-6-14(23)15(24)22(4)13-9-7-12(8-10-13)18(19,20)21/h7-10,14H,5-6,11H2,1-4H3/t14-/m0/s1. The van der Waals surface area contributed by atoms with Gasteiger partial charge in [-0.05, 0) is 57.9 Å². The second kappa shape index (κ2) is 7.17. The molecule has 2 rings (SSSR count). The van der Waals surface area contributed by atoms with Crippen molar-refractivity contribution in [1.29, 1.82) is 0 Å². The maximum Gasteiger partial charge on any atom is 0.416 e. The molecular weight excluding hydrogens is 349 g/mol. The first-order chi connectivity index (χ1) is 11.9. The van der Waals surface area contributed by atoms with Crippen LogP contribution in [0.4, 0.5) is 23.7 Å². The summed E-state index contributed by atoms with van der Waals surface area (Å²) in [4.78, 5) is 27.7. The first-order valence-electron chi connectivity index (χ1n) is 8.34. The molecule has 1 aliphatic rings. The van der Waals surface area contributed by atoms with E-state index in [4.69, 9.17) is 4.74 Å². The summed E-state index contributed by atoms with van der Waals surface area (Å²) in [6, 6.07) is 3.66. The zero-order chi connectivity index (χ0) is 19.7. The highest BCUT2D eigenvalue weighted by atomic mass is 19.4. The Kier molecular flexibility index (Phi) is 5.53. The number of likely N-dealkylation sites (N-methyl/N-ethyl adjacent to an activating group) is 1. The molecule has 1 saturated heterocycles. The SMILES string of the molecule is CN(C(=O)[C@@H]1CCCN1C(=O)OC(C)(C)C)c1ccc(C(F)(F)F)cc1. The number of likely N-dealkylation sites (tertiary alicyclic amines) is 1. The topological polar surface area (TPSA) is 49.9 Å². The molecule has 0 bridgehead atoms. The van der Waals surface area contributed by atoms with Crippen LogP contribution in [-0.4, -0.2) is 42.1 Å². The Morgan fingerprint density at radius 1 is 1.15 bits per heavy atom. The molecule has 0 saturated carbocycles. The van der Waals surface area contributed by atoms with Gasteiger partial charge in [-0.3, -0.25) is 9.69 Å². The van der Waals surface area contributed by atoms with Crippen LogP contribution in [0.25, 0.3) is 0 Å². The van der Waals surface area contributed by atoms with E-state index < -0.39 is 29.5 Å². The molecular formula is C18H23F3N2O3. The van der Waals surface area contributed by atoms with Gasteiger partial charge < -0.3 is 9.64 Å². The van der Waals surface area contributed by atoms with E-state index in [1.807, 2.05) is 0 Å². The number of hydrogen-bond donors (Lipinski definition) is 0. The van der Waals surface area contributed by atoms with Gasteiger partial charge in [0.05, 0.1) is 5.56 Å². The maximum absolute atomic E-state index is 12.8. The van der Waals surface area contributed by atoms with Gasteiger partial charge in [-0.15, -0.1) is 0 Å². The number of anilines is 1. The molecule has 0 aromatic heterocycles. The summed E-state index contributed by atoms with van der Waals surface area (Å²) in [6.45, 7) is 5.64. The van der Waals surface area contributed by atoms with Crippen molar-refractivity contribution in [2.45, 2.75) is 51.4 Å². The molecule has 2 amide bonds. The molecule has 0 N–H and O–H groups in total. The number of alkyl halides is 3. The number of carbonyl (C=O) groups excluding carboxylic acids is 2. The summed E-state index contributed by atoms with van der Waals surface area (Å²) >= 11 is 0. The van der Waals surface area contributed by atoms with Crippen molar-refractivity contribution in [2.24, 2.45) is 0 Å². The van der Waals surface area contributed by atoms with Gasteiger partial charge in [0.25, 0.3) is 0 Å². The molecule has 1 heterocycles. The summed E-state index contributed by atoms with van der Waals surface area (Å²) < 4.78 is 43.3. The highest BCUT2D eigenvalue weighted by molar-refractivity contribution is 5.98. The van der Waals surface area contributed by atoms with Crippen molar-refractivity contribution in [1.82, 2.24) is 4.90 Å². The lowest BCUT2D eigenvalue weighted by molar-refractivity contribution is -0.137. The fourth-order valence-corrected chi connectivity index (χ4v) is 2.79. The van der Waals surface area contributed by atoms with Gasteiger partial charge in [-0.1, -0.05) is 0 Å². The maximum atomic E-state index is 12.8. The minimum absolute atomic E-state index is 0.332. The van der Waals surface area contributed by atoms with E-state index in [9.17, 15) is 22.8 Å². The number of hydrogen-bond acceptors (Lipinski definition) is 3. The fourth-order valence-electron chi connectivity index (χ4n) is 2.79. The van der Waals surface area contributed by atoms with E-state index in [2.05, 4.69) is 0 Å². The number of rotatable bonds is 2. The van der Waals surface area contributed by atoms with Crippen LogP contribution in [0.15, 0.2) is 24.3 Å². The molecule has 1 aromatic rings. The lowest BCUT2D eigenvalue weighted by atomic mass is 10.1. The van der Waals surface area contributed by atoms with Gasteiger partial charge in [0, 0.05) is 19.3 Å². The van der Waals surface area contributed by atoms with E-state index in [1.165, 1.54) is 29.0 Å². The Morgan fingerprint density at radius 2 is 1.73 bits per heavy atom. The van der Waals surface area contributed by atoms with Crippen LogP contribution >= 0.6 is 0 Å². The van der Waals surface area contributed by atoms with Crippen LogP contribution in [0.5, 0.6) is 0 Å². The summed E-state index contributed by atoms with van der Waals surface area (Å²) in [5.74, 6) is -0.354. The Labute approximate surface area is 150 Å². The van der Waals surface area contributed by atoms with Crippen LogP contribution < -0.4 is 4.90 Å². The van der Waals surface area contributed by atoms with Crippen molar-refractivity contribution in [2.75, 3.05) is 18.5 Å². The van der Waals surface area contributed by atoms with Gasteiger partial charge in [-0.2, -0.15) is 13.2 Å². The Bertz CT molecular complexity index is 666. The molecule has 1 fully saturated rings. The lowest BCUT2D eigenvalue weighted by Gasteiger charge is -2.30. The first-order valence-corrected chi connectivity index (χ1v) is 8.34. The van der Waals surface area contributed by atoms with E-state index in [-0.39, 0.29) is 5.91 Å². The average molecular weight is 372 g/mol. The number of ether oxygens (including phenoxy) is 1. The normalized spacial score (nSPS) is 18.0. The zero-order valence-corrected chi connectivity index (χ0v) is 15.3. The number of halogens is 3. The van der Waals surface area contributed by atoms with E-state index in [0.717, 1.165) is 12.1 Å². The minimum Gasteiger partial charge on any atom is -0.444 e. The van der Waals surface area contributed by atoms with Gasteiger partial charge in [0.2, 0.25) is 5.91 Å². The van der Waals surface area contributed by atoms with Gasteiger partial charge >= 0.3 is 12.3 Å². The van der Waals surface area contributed by atoms with Crippen molar-refractivity contribution >= 4 is 17.7 Å². The molecule has 5 nitrogen and oxygen atoms in total. The van der Waals surface area contributed by atoms with Crippen molar-refractivity contribution in [3.8, 4) is 0 Å². The molecule has 0 radical (unpaired) electrons. The molecule has 8 heteroatoms. The monoisotopic (exact) mass is 372 g/mol. The van der Waals surface area contributed by atoms with Crippen molar-refractivity contribution in [3.63, 3.8) is 0 Å². The van der Waals surface area contributed by atoms with Crippen LogP contribution in [-0.2, 0) is 15.7 Å².